The highest BCUT2D eigenvalue weighted by molar-refractivity contribution is 5.94. The van der Waals surface area contributed by atoms with E-state index < -0.39 is 18.1 Å². The van der Waals surface area contributed by atoms with Crippen molar-refractivity contribution in [3.05, 3.63) is 65.5 Å². The van der Waals surface area contributed by atoms with Crippen molar-refractivity contribution in [1.29, 1.82) is 0 Å². The molecule has 150 valence electrons. The van der Waals surface area contributed by atoms with Crippen LogP contribution in [-0.4, -0.2) is 24.0 Å². The summed E-state index contributed by atoms with van der Waals surface area (Å²) in [4.78, 5) is 22.8. The lowest BCUT2D eigenvalue weighted by molar-refractivity contribution is -0.167. The molecule has 2 rings (SSSR count). The number of benzene rings is 2. The highest BCUT2D eigenvalue weighted by Crippen LogP contribution is 2.18. The van der Waals surface area contributed by atoms with Crippen molar-refractivity contribution in [1.82, 2.24) is 5.32 Å². The minimum Gasteiger partial charge on any atom is -0.352 e. The molecule has 2 aromatic carbocycles. The molecule has 0 aliphatic heterocycles. The fourth-order valence-electron chi connectivity index (χ4n) is 2.44. The van der Waals surface area contributed by atoms with Crippen LogP contribution in [0.5, 0.6) is 0 Å². The van der Waals surface area contributed by atoms with Crippen molar-refractivity contribution in [2.75, 3.05) is 5.32 Å². The van der Waals surface area contributed by atoms with E-state index in [2.05, 4.69) is 5.32 Å². The highest BCUT2D eigenvalue weighted by Gasteiger charge is 2.38. The van der Waals surface area contributed by atoms with E-state index in [0.717, 1.165) is 0 Å². The van der Waals surface area contributed by atoms with Gasteiger partial charge in [0, 0.05) is 24.7 Å². The van der Waals surface area contributed by atoms with E-state index in [9.17, 15) is 27.2 Å². The van der Waals surface area contributed by atoms with Crippen molar-refractivity contribution < 1.29 is 27.2 Å². The summed E-state index contributed by atoms with van der Waals surface area (Å²) >= 11 is 0. The van der Waals surface area contributed by atoms with Gasteiger partial charge in [0.2, 0.25) is 5.91 Å². The highest BCUT2D eigenvalue weighted by atomic mass is 19.4. The number of hydrogen-bond acceptors (Lipinski definition) is 3. The maximum atomic E-state index is 13.6. The van der Waals surface area contributed by atoms with Gasteiger partial charge in [0.05, 0.1) is 0 Å². The Morgan fingerprint density at radius 2 is 1.68 bits per heavy atom. The fourth-order valence-corrected chi connectivity index (χ4v) is 2.44. The normalized spacial score (nSPS) is 12.3. The molecule has 0 aromatic heterocycles. The second-order valence-corrected chi connectivity index (χ2v) is 6.19. The van der Waals surface area contributed by atoms with E-state index in [4.69, 9.17) is 5.73 Å². The summed E-state index contributed by atoms with van der Waals surface area (Å²) in [6.07, 6.45) is -4.75. The number of hydrogen-bond donors (Lipinski definition) is 3. The van der Waals surface area contributed by atoms with Crippen LogP contribution in [0.1, 0.15) is 17.5 Å². The van der Waals surface area contributed by atoms with Crippen LogP contribution in [0.15, 0.2) is 48.5 Å². The van der Waals surface area contributed by atoms with E-state index in [1.165, 1.54) is 30.3 Å². The molecule has 0 aliphatic carbocycles. The Morgan fingerprint density at radius 3 is 2.29 bits per heavy atom. The van der Waals surface area contributed by atoms with Crippen LogP contribution < -0.4 is 16.4 Å². The smallest absolute Gasteiger partial charge is 0.352 e. The predicted molar refractivity (Wildman–Crippen MR) is 95.7 cm³/mol. The quantitative estimate of drug-likeness (QED) is 0.628. The Balaban J connectivity index is 1.79. The van der Waals surface area contributed by atoms with Crippen LogP contribution in [0.4, 0.5) is 23.2 Å². The van der Waals surface area contributed by atoms with Gasteiger partial charge in [-0.15, -0.1) is 0 Å². The summed E-state index contributed by atoms with van der Waals surface area (Å²) in [5, 5.41) is 4.36. The van der Waals surface area contributed by atoms with Crippen LogP contribution in [-0.2, 0) is 22.6 Å². The van der Waals surface area contributed by atoms with E-state index in [0.29, 0.717) is 11.1 Å². The number of nitrogens with two attached hydrogens (primary N) is 1. The van der Waals surface area contributed by atoms with Crippen LogP contribution in [0.2, 0.25) is 0 Å². The summed E-state index contributed by atoms with van der Waals surface area (Å²) in [6, 6.07) is 11.2. The number of amides is 2. The molecule has 9 heteroatoms. The Hall–Kier alpha value is -2.94. The Labute approximate surface area is 158 Å². The lowest BCUT2D eigenvalue weighted by Crippen LogP contribution is -2.33. The van der Waals surface area contributed by atoms with Crippen molar-refractivity contribution in [2.24, 2.45) is 5.73 Å². The van der Waals surface area contributed by atoms with Crippen LogP contribution in [0.3, 0.4) is 0 Å². The van der Waals surface area contributed by atoms with E-state index in [1.807, 2.05) is 0 Å². The first-order valence-electron chi connectivity index (χ1n) is 8.38. The molecule has 2 amide bonds. The molecule has 28 heavy (non-hydrogen) atoms. The molecule has 0 unspecified atom stereocenters. The first kappa shape index (κ1) is 21.4. The molecule has 0 spiro atoms. The number of anilines is 1. The fraction of sp³-hybridized carbons (Fsp3) is 0.263. The zero-order valence-corrected chi connectivity index (χ0v) is 14.7. The van der Waals surface area contributed by atoms with Crippen molar-refractivity contribution >= 4 is 17.5 Å². The first-order chi connectivity index (χ1) is 13.1. The average molecular weight is 397 g/mol. The van der Waals surface area contributed by atoms with Gasteiger partial charge in [-0.25, -0.2) is 4.39 Å². The molecule has 2 aromatic rings. The standard InChI is InChI=1S/C19H19F4N3O2/c20-16-4-2-1-3-13(16)9-14(24)10-17(27)25-11-12-5-7-15(8-6-12)26-18(28)19(21,22)23/h1-8,14H,9-11,24H2,(H,25,27)(H,26,28)/t14-/m1/s1. The van der Waals surface area contributed by atoms with Crippen LogP contribution >= 0.6 is 0 Å². The molecule has 0 radical (unpaired) electrons. The topological polar surface area (TPSA) is 84.2 Å². The first-order valence-corrected chi connectivity index (χ1v) is 8.38. The Kier molecular flexibility index (Phi) is 7.11. The largest absolute Gasteiger partial charge is 0.471 e. The minimum atomic E-state index is -4.96. The molecule has 0 aliphatic rings. The molecule has 0 saturated heterocycles. The van der Waals surface area contributed by atoms with Gasteiger partial charge in [-0.3, -0.25) is 9.59 Å². The molecule has 0 heterocycles. The van der Waals surface area contributed by atoms with Gasteiger partial charge in [0.15, 0.2) is 0 Å². The van der Waals surface area contributed by atoms with Gasteiger partial charge in [-0.05, 0) is 35.7 Å². The van der Waals surface area contributed by atoms with Crippen LogP contribution in [0.25, 0.3) is 0 Å². The number of nitrogens with one attached hydrogen (secondary N) is 2. The summed E-state index contributed by atoms with van der Waals surface area (Å²) in [7, 11) is 0. The third-order valence-electron chi connectivity index (χ3n) is 3.85. The third kappa shape index (κ3) is 6.66. The second kappa shape index (κ2) is 9.32. The van der Waals surface area contributed by atoms with Gasteiger partial charge < -0.3 is 16.4 Å². The summed E-state index contributed by atoms with van der Waals surface area (Å²) < 4.78 is 50.2. The number of halogens is 4. The number of alkyl halides is 3. The van der Waals surface area contributed by atoms with E-state index >= 15 is 0 Å². The van der Waals surface area contributed by atoms with Gasteiger partial charge in [0.1, 0.15) is 5.82 Å². The third-order valence-corrected chi connectivity index (χ3v) is 3.85. The summed E-state index contributed by atoms with van der Waals surface area (Å²) in [5.74, 6) is -2.77. The molecular weight excluding hydrogens is 378 g/mol. The number of carbonyl (C=O) groups is 2. The summed E-state index contributed by atoms with van der Waals surface area (Å²) in [5.41, 5.74) is 6.93. The van der Waals surface area contributed by atoms with Gasteiger partial charge in [0.25, 0.3) is 0 Å². The molecule has 1 atom stereocenters. The molecule has 5 nitrogen and oxygen atoms in total. The SMILES string of the molecule is N[C@@H](CC(=O)NCc1ccc(NC(=O)C(F)(F)F)cc1)Cc1ccccc1F. The van der Waals surface area contributed by atoms with Gasteiger partial charge >= 0.3 is 12.1 Å². The van der Waals surface area contributed by atoms with E-state index in [1.54, 1.807) is 23.5 Å². The van der Waals surface area contributed by atoms with E-state index in [-0.39, 0.29) is 36.8 Å². The lowest BCUT2D eigenvalue weighted by atomic mass is 10.0. The maximum Gasteiger partial charge on any atom is 0.471 e. The monoisotopic (exact) mass is 397 g/mol. The van der Waals surface area contributed by atoms with Crippen molar-refractivity contribution in [3.63, 3.8) is 0 Å². The minimum absolute atomic E-state index is 0.00589. The zero-order valence-electron chi connectivity index (χ0n) is 14.7. The molecule has 0 fully saturated rings. The molecular formula is C19H19F4N3O2. The predicted octanol–water partition coefficient (Wildman–Crippen LogP) is 2.90. The molecule has 4 N–H and O–H groups in total. The van der Waals surface area contributed by atoms with Crippen molar-refractivity contribution in [2.45, 2.75) is 31.6 Å². The summed E-state index contributed by atoms with van der Waals surface area (Å²) in [6.45, 7) is 0.138. The Bertz CT molecular complexity index is 823. The second-order valence-electron chi connectivity index (χ2n) is 6.19. The van der Waals surface area contributed by atoms with Gasteiger partial charge in [-0.1, -0.05) is 30.3 Å². The Morgan fingerprint density at radius 1 is 1.04 bits per heavy atom. The van der Waals surface area contributed by atoms with Crippen molar-refractivity contribution in [3.8, 4) is 0 Å². The average Bonchev–Trinajstić information content (AvgIpc) is 2.62. The van der Waals surface area contributed by atoms with Crippen LogP contribution in [0, 0.1) is 5.82 Å². The zero-order chi connectivity index (χ0) is 20.7. The van der Waals surface area contributed by atoms with Gasteiger partial charge in [-0.2, -0.15) is 13.2 Å². The molecule has 0 saturated carbocycles. The number of rotatable bonds is 7. The maximum absolute atomic E-state index is 13.6. The molecule has 0 bridgehead atoms. The lowest BCUT2D eigenvalue weighted by Gasteiger charge is -2.13. The number of carbonyl (C=O) groups excluding carboxylic acids is 2.